The summed E-state index contributed by atoms with van der Waals surface area (Å²) in [6, 6.07) is 0. The van der Waals surface area contributed by atoms with Crippen LogP contribution in [0.3, 0.4) is 0 Å². The fraction of sp³-hybridized carbons (Fsp3) is 0.833. The first kappa shape index (κ1) is 11.4. The van der Waals surface area contributed by atoms with Crippen molar-refractivity contribution < 1.29 is 13.2 Å². The molecular weight excluding hydrogens is 180 g/mol. The summed E-state index contributed by atoms with van der Waals surface area (Å²) in [7, 11) is -0.264. The minimum Gasteiger partial charge on any atom is -0.348 e. The Kier molecular flexibility index (Phi) is 4.19. The average molecular weight is 194 g/mol. The van der Waals surface area contributed by atoms with Crippen molar-refractivity contribution in [1.82, 2.24) is 4.90 Å². The third-order valence-electron chi connectivity index (χ3n) is 1.27. The Bertz CT molecular complexity index is 246. The van der Waals surface area contributed by atoms with Crippen molar-refractivity contribution in [2.24, 2.45) is 5.73 Å². The van der Waals surface area contributed by atoms with Gasteiger partial charge in [-0.15, -0.1) is 0 Å². The van der Waals surface area contributed by atoms with E-state index < -0.39 is 21.5 Å². The average Bonchev–Trinajstić information content (AvgIpc) is 1.85. The van der Waals surface area contributed by atoms with Gasteiger partial charge >= 0.3 is 0 Å². The first-order chi connectivity index (χ1) is 5.39. The van der Waals surface area contributed by atoms with E-state index in [1.165, 1.54) is 19.0 Å². The van der Waals surface area contributed by atoms with Gasteiger partial charge in [0.15, 0.2) is 9.84 Å². The second-order valence-electron chi connectivity index (χ2n) is 2.67. The van der Waals surface area contributed by atoms with E-state index in [1.807, 2.05) is 0 Å². The van der Waals surface area contributed by atoms with Crippen LogP contribution < -0.4 is 5.73 Å². The predicted molar refractivity (Wildman–Crippen MR) is 46.4 cm³/mol. The minimum atomic E-state index is -3.29. The molecule has 0 saturated heterocycles. The van der Waals surface area contributed by atoms with E-state index in [4.69, 9.17) is 5.73 Å². The Morgan fingerprint density at radius 1 is 1.42 bits per heavy atom. The number of hydrogen-bond acceptors (Lipinski definition) is 4. The van der Waals surface area contributed by atoms with Gasteiger partial charge in [-0.05, 0) is 0 Å². The lowest BCUT2D eigenvalue weighted by atomic mass is 10.6. The summed E-state index contributed by atoms with van der Waals surface area (Å²) >= 11 is 0. The number of carbonyl (C=O) groups is 1. The number of carbonyl (C=O) groups excluding carboxylic acids is 1. The lowest BCUT2D eigenvalue weighted by Crippen LogP contribution is -2.31. The zero-order valence-corrected chi connectivity index (χ0v) is 8.10. The maximum atomic E-state index is 11.0. The van der Waals surface area contributed by atoms with Crippen LogP contribution in [0.25, 0.3) is 0 Å². The highest BCUT2D eigenvalue weighted by Crippen LogP contribution is 1.91. The summed E-state index contributed by atoms with van der Waals surface area (Å²) in [4.78, 5) is 12.2. The van der Waals surface area contributed by atoms with E-state index in [1.54, 1.807) is 0 Å². The first-order valence-corrected chi connectivity index (χ1v) is 5.32. The van der Waals surface area contributed by atoms with Gasteiger partial charge in [0.05, 0.1) is 5.75 Å². The summed E-state index contributed by atoms with van der Waals surface area (Å²) < 4.78 is 22.0. The van der Waals surface area contributed by atoms with Gasteiger partial charge in [0.25, 0.3) is 0 Å². The molecular formula is C6H14N2O3S. The maximum Gasteiger partial charge on any atom is 0.237 e. The lowest BCUT2D eigenvalue weighted by molar-refractivity contribution is -0.125. The Morgan fingerprint density at radius 3 is 2.25 bits per heavy atom. The highest BCUT2D eigenvalue weighted by molar-refractivity contribution is 7.92. The molecule has 12 heavy (non-hydrogen) atoms. The van der Waals surface area contributed by atoms with Gasteiger partial charge in [0.2, 0.25) is 5.91 Å². The van der Waals surface area contributed by atoms with Gasteiger partial charge in [-0.1, -0.05) is 0 Å². The molecule has 0 heterocycles. The van der Waals surface area contributed by atoms with Gasteiger partial charge in [-0.3, -0.25) is 4.79 Å². The molecule has 0 aliphatic rings. The first-order valence-electron chi connectivity index (χ1n) is 3.49. The van der Waals surface area contributed by atoms with Crippen LogP contribution in [0.4, 0.5) is 0 Å². The molecule has 0 atom stereocenters. The smallest absolute Gasteiger partial charge is 0.237 e. The molecule has 0 aromatic carbocycles. The van der Waals surface area contributed by atoms with Crippen LogP contribution in [0.15, 0.2) is 0 Å². The van der Waals surface area contributed by atoms with Crippen molar-refractivity contribution in [3.05, 3.63) is 0 Å². The van der Waals surface area contributed by atoms with Crippen LogP contribution in [0.2, 0.25) is 0 Å². The van der Waals surface area contributed by atoms with Crippen LogP contribution >= 0.6 is 0 Å². The van der Waals surface area contributed by atoms with Crippen LogP contribution in [0.1, 0.15) is 0 Å². The van der Waals surface area contributed by atoms with Crippen molar-refractivity contribution in [3.8, 4) is 0 Å². The number of nitrogens with two attached hydrogens (primary N) is 1. The standard InChI is InChI=1S/C6H14N2O3S/c1-8(2)6(9)5-12(10,11)4-3-7/h3-5,7H2,1-2H3. The van der Waals surface area contributed by atoms with E-state index in [-0.39, 0.29) is 12.3 Å². The van der Waals surface area contributed by atoms with Gasteiger partial charge in [-0.25, -0.2) is 8.42 Å². The third kappa shape index (κ3) is 4.30. The summed E-state index contributed by atoms with van der Waals surface area (Å²) in [5.74, 6) is -0.993. The quantitative estimate of drug-likeness (QED) is 0.587. The normalized spacial score (nSPS) is 11.2. The zero-order valence-electron chi connectivity index (χ0n) is 7.28. The molecule has 0 bridgehead atoms. The van der Waals surface area contributed by atoms with Crippen molar-refractivity contribution >= 4 is 15.7 Å². The SMILES string of the molecule is CN(C)C(=O)CS(=O)(=O)CCN. The highest BCUT2D eigenvalue weighted by Gasteiger charge is 2.16. The van der Waals surface area contributed by atoms with Crippen LogP contribution in [-0.2, 0) is 14.6 Å². The monoisotopic (exact) mass is 194 g/mol. The molecule has 0 rings (SSSR count). The minimum absolute atomic E-state index is 0.0586. The number of rotatable bonds is 4. The molecule has 0 radical (unpaired) electrons. The van der Waals surface area contributed by atoms with E-state index >= 15 is 0 Å². The van der Waals surface area contributed by atoms with Crippen molar-refractivity contribution in [3.63, 3.8) is 0 Å². The molecule has 5 nitrogen and oxygen atoms in total. The van der Waals surface area contributed by atoms with E-state index in [0.29, 0.717) is 0 Å². The van der Waals surface area contributed by atoms with Crippen molar-refractivity contribution in [2.45, 2.75) is 0 Å². The third-order valence-corrected chi connectivity index (χ3v) is 2.82. The molecule has 0 aliphatic heterocycles. The Labute approximate surface area is 72.5 Å². The van der Waals surface area contributed by atoms with E-state index in [2.05, 4.69) is 0 Å². The second-order valence-corrected chi connectivity index (χ2v) is 4.85. The summed E-state index contributed by atoms with van der Waals surface area (Å²) in [5, 5.41) is 0. The summed E-state index contributed by atoms with van der Waals surface area (Å²) in [6.07, 6.45) is 0. The van der Waals surface area contributed by atoms with Crippen molar-refractivity contribution in [1.29, 1.82) is 0 Å². The molecule has 0 spiro atoms. The fourth-order valence-corrected chi connectivity index (χ4v) is 1.71. The molecule has 0 aromatic rings. The van der Waals surface area contributed by atoms with Gasteiger partial charge < -0.3 is 10.6 Å². The van der Waals surface area contributed by atoms with Crippen LogP contribution in [-0.4, -0.2) is 51.4 Å². The van der Waals surface area contributed by atoms with E-state index in [9.17, 15) is 13.2 Å². The summed E-state index contributed by atoms with van der Waals surface area (Å²) in [6.45, 7) is 0.0586. The van der Waals surface area contributed by atoms with Crippen LogP contribution in [0, 0.1) is 0 Å². The topological polar surface area (TPSA) is 80.5 Å². The highest BCUT2D eigenvalue weighted by atomic mass is 32.2. The molecule has 0 unspecified atom stereocenters. The Balaban J connectivity index is 4.17. The van der Waals surface area contributed by atoms with Gasteiger partial charge in [0, 0.05) is 20.6 Å². The number of sulfone groups is 1. The lowest BCUT2D eigenvalue weighted by Gasteiger charge is -2.09. The number of amides is 1. The number of nitrogens with zero attached hydrogens (tertiary/aromatic N) is 1. The largest absolute Gasteiger partial charge is 0.348 e. The fourth-order valence-electron chi connectivity index (χ4n) is 0.569. The predicted octanol–water partition coefficient (Wildman–Crippen LogP) is -1.55. The van der Waals surface area contributed by atoms with Gasteiger partial charge in [0.1, 0.15) is 5.75 Å². The van der Waals surface area contributed by atoms with Gasteiger partial charge in [-0.2, -0.15) is 0 Å². The molecule has 1 amide bonds. The molecule has 2 N–H and O–H groups in total. The molecule has 0 aliphatic carbocycles. The van der Waals surface area contributed by atoms with Crippen LogP contribution in [0.5, 0.6) is 0 Å². The van der Waals surface area contributed by atoms with Crippen molar-refractivity contribution in [2.75, 3.05) is 32.1 Å². The Hall–Kier alpha value is -0.620. The summed E-state index contributed by atoms with van der Waals surface area (Å²) in [5.41, 5.74) is 5.06. The van der Waals surface area contributed by atoms with E-state index in [0.717, 1.165) is 0 Å². The molecule has 72 valence electrons. The Morgan fingerprint density at radius 2 is 1.92 bits per heavy atom. The molecule has 0 fully saturated rings. The maximum absolute atomic E-state index is 11.0. The molecule has 6 heteroatoms. The molecule has 0 saturated carbocycles. The molecule has 0 aromatic heterocycles. The second kappa shape index (κ2) is 4.42. The zero-order chi connectivity index (χ0) is 9.78. The number of hydrogen-bond donors (Lipinski definition) is 1.